The number of phenolic OH excluding ortho intramolecular Hbond substituents is 2. The number of hydrogen-bond acceptors (Lipinski definition) is 9. The van der Waals surface area contributed by atoms with Crippen LogP contribution in [0.4, 0.5) is 0 Å². The first-order valence-corrected chi connectivity index (χ1v) is 13.0. The van der Waals surface area contributed by atoms with E-state index in [1.165, 1.54) is 12.1 Å². The van der Waals surface area contributed by atoms with Gasteiger partial charge in [-0.15, -0.1) is 0 Å². The van der Waals surface area contributed by atoms with Gasteiger partial charge in [-0.1, -0.05) is 25.1 Å². The smallest absolute Gasteiger partial charge is 0.472 e. The Labute approximate surface area is 233 Å². The third kappa shape index (κ3) is 7.53. The zero-order valence-corrected chi connectivity index (χ0v) is 22.8. The summed E-state index contributed by atoms with van der Waals surface area (Å²) in [5.74, 6) is -2.04. The Bertz CT molecular complexity index is 1270. The number of likely N-dealkylation sites (N-methyl/N-ethyl adjacent to an activating group) is 2. The Morgan fingerprint density at radius 1 is 1.12 bits per heavy atom. The van der Waals surface area contributed by atoms with Crippen molar-refractivity contribution in [2.75, 3.05) is 33.6 Å². The Kier molecular flexibility index (Phi) is 10.5. The summed E-state index contributed by atoms with van der Waals surface area (Å²) in [6.07, 6.45) is 2.24. The topological polar surface area (TPSA) is 183 Å². The molecule has 2 atom stereocenters. The number of hydrogen-bond donors (Lipinski definition) is 8. The number of nitrogens with one attached hydrogen (secondary N) is 4. The molecular formula is C27H36BN5O7. The summed E-state index contributed by atoms with van der Waals surface area (Å²) in [5, 5.41) is 50.4. The molecule has 4 bridgehead atoms. The predicted molar refractivity (Wildman–Crippen MR) is 150 cm³/mol. The molecule has 2 unspecified atom stereocenters. The first-order chi connectivity index (χ1) is 19.0. The van der Waals surface area contributed by atoms with Gasteiger partial charge in [0.15, 0.2) is 0 Å². The van der Waals surface area contributed by atoms with Crippen molar-refractivity contribution in [1.82, 2.24) is 26.2 Å². The standard InChI is InChI=1S/C27H36BN5O7/c1-4-5-18(13-29-2)33(3)25-17-7-9-23(35)20(12-17)19-10-16(6-8-22(19)34)11-21(26(37)31-15-28(39)40)32-24(36)14-30-27(25)38/h5-10,12,21,25,29,34-35,39-40H,4,11,13-15H2,1-3H3,(H,30,38)(H,31,37)(H,32,36)/b18-5+. The number of allylic oxidation sites excluding steroid dienone is 1. The number of carbonyl (C=O) groups is 3. The Morgan fingerprint density at radius 3 is 2.45 bits per heavy atom. The fourth-order valence-electron chi connectivity index (χ4n) is 4.61. The maximum atomic E-state index is 13.6. The number of carbonyl (C=O) groups excluding carboxylic acids is 3. The molecule has 2 aromatic carbocycles. The molecule has 1 heterocycles. The molecule has 0 saturated heterocycles. The Balaban J connectivity index is 2.14. The van der Waals surface area contributed by atoms with Crippen molar-refractivity contribution in [3.05, 3.63) is 59.3 Å². The average Bonchev–Trinajstić information content (AvgIpc) is 2.91. The highest BCUT2D eigenvalue weighted by molar-refractivity contribution is 6.41. The highest BCUT2D eigenvalue weighted by Gasteiger charge is 2.30. The van der Waals surface area contributed by atoms with E-state index in [4.69, 9.17) is 10.0 Å². The molecule has 1 aliphatic rings. The molecule has 13 heteroatoms. The van der Waals surface area contributed by atoms with Gasteiger partial charge in [0.2, 0.25) is 17.7 Å². The van der Waals surface area contributed by atoms with E-state index < -0.39 is 49.9 Å². The number of phenols is 2. The first kappa shape index (κ1) is 30.5. The highest BCUT2D eigenvalue weighted by atomic mass is 16.4. The molecule has 2 aromatic rings. The second-order valence-electron chi connectivity index (χ2n) is 9.54. The molecule has 3 rings (SSSR count). The van der Waals surface area contributed by atoms with Crippen LogP contribution in [0, 0.1) is 0 Å². The summed E-state index contributed by atoms with van der Waals surface area (Å²) in [7, 11) is 1.76. The van der Waals surface area contributed by atoms with Gasteiger partial charge in [0.1, 0.15) is 23.6 Å². The van der Waals surface area contributed by atoms with Gasteiger partial charge in [0.25, 0.3) is 0 Å². The zero-order valence-electron chi connectivity index (χ0n) is 22.8. The van der Waals surface area contributed by atoms with Crippen LogP contribution in [0.5, 0.6) is 11.5 Å². The van der Waals surface area contributed by atoms with E-state index in [9.17, 15) is 24.6 Å². The van der Waals surface area contributed by atoms with E-state index in [1.54, 1.807) is 43.3 Å². The third-order valence-corrected chi connectivity index (χ3v) is 6.55. The summed E-state index contributed by atoms with van der Waals surface area (Å²) in [5.41, 5.74) is 2.46. The van der Waals surface area contributed by atoms with E-state index >= 15 is 0 Å². The summed E-state index contributed by atoms with van der Waals surface area (Å²) in [6, 6.07) is 7.24. The molecule has 0 radical (unpaired) electrons. The number of benzene rings is 2. The van der Waals surface area contributed by atoms with Gasteiger partial charge in [-0.05, 0) is 48.9 Å². The predicted octanol–water partition coefficient (Wildman–Crippen LogP) is -0.464. The minimum atomic E-state index is -1.78. The SMILES string of the molecule is CC/C=C(\CNC)N(C)C1C(=O)NCC(=O)NC(C(=O)NCB(O)O)Cc2ccc(O)c(c2)-c2cc1ccc2O. The minimum absolute atomic E-state index is 0.0126. The van der Waals surface area contributed by atoms with E-state index in [0.717, 1.165) is 12.1 Å². The van der Waals surface area contributed by atoms with Crippen molar-refractivity contribution in [3.63, 3.8) is 0 Å². The van der Waals surface area contributed by atoms with Crippen LogP contribution in [0.25, 0.3) is 11.1 Å². The molecule has 8 N–H and O–H groups in total. The molecule has 12 nitrogen and oxygen atoms in total. The van der Waals surface area contributed by atoms with E-state index in [2.05, 4.69) is 21.3 Å². The lowest BCUT2D eigenvalue weighted by Gasteiger charge is -2.32. The third-order valence-electron chi connectivity index (χ3n) is 6.55. The van der Waals surface area contributed by atoms with Crippen molar-refractivity contribution in [1.29, 1.82) is 0 Å². The molecule has 0 fully saturated rings. The molecule has 0 saturated carbocycles. The van der Waals surface area contributed by atoms with E-state index in [-0.39, 0.29) is 29.0 Å². The highest BCUT2D eigenvalue weighted by Crippen LogP contribution is 2.39. The molecule has 0 spiro atoms. The molecule has 1 aliphatic heterocycles. The van der Waals surface area contributed by atoms with E-state index in [1.807, 2.05) is 13.0 Å². The van der Waals surface area contributed by atoms with Crippen molar-refractivity contribution >= 4 is 24.8 Å². The number of nitrogens with zero attached hydrogens (tertiary/aromatic N) is 1. The van der Waals surface area contributed by atoms with Crippen LogP contribution in [-0.4, -0.2) is 89.7 Å². The van der Waals surface area contributed by atoms with Crippen LogP contribution in [0.15, 0.2) is 48.2 Å². The molecule has 3 amide bonds. The summed E-state index contributed by atoms with van der Waals surface area (Å²) in [6.45, 7) is 2.03. The van der Waals surface area contributed by atoms with Crippen LogP contribution >= 0.6 is 0 Å². The lowest BCUT2D eigenvalue weighted by atomic mass is 9.92. The van der Waals surface area contributed by atoms with Crippen molar-refractivity contribution < 1.29 is 34.6 Å². The number of aromatic hydroxyl groups is 2. The van der Waals surface area contributed by atoms with Crippen LogP contribution < -0.4 is 21.3 Å². The summed E-state index contributed by atoms with van der Waals surface area (Å²) < 4.78 is 0. The van der Waals surface area contributed by atoms with Gasteiger partial charge in [-0.25, -0.2) is 0 Å². The van der Waals surface area contributed by atoms with Gasteiger partial charge in [-0.2, -0.15) is 0 Å². The second kappa shape index (κ2) is 13.8. The van der Waals surface area contributed by atoms with Crippen LogP contribution in [0.1, 0.15) is 30.5 Å². The number of rotatable bonds is 8. The van der Waals surface area contributed by atoms with Gasteiger partial charge in [0, 0.05) is 36.8 Å². The normalized spacial score (nSPS) is 17.8. The second-order valence-corrected chi connectivity index (χ2v) is 9.54. The first-order valence-electron chi connectivity index (χ1n) is 13.0. The van der Waals surface area contributed by atoms with Crippen molar-refractivity contribution in [2.24, 2.45) is 0 Å². The number of fused-ring (bicyclic) bond motifs is 5. The van der Waals surface area contributed by atoms with Gasteiger partial charge < -0.3 is 46.4 Å². The van der Waals surface area contributed by atoms with E-state index in [0.29, 0.717) is 17.7 Å². The average molecular weight is 553 g/mol. The molecular weight excluding hydrogens is 517 g/mol. The van der Waals surface area contributed by atoms with Gasteiger partial charge >= 0.3 is 7.12 Å². The Morgan fingerprint density at radius 2 is 1.80 bits per heavy atom. The van der Waals surface area contributed by atoms with Gasteiger partial charge in [0.05, 0.1) is 13.0 Å². The fourth-order valence-corrected chi connectivity index (χ4v) is 4.61. The fraction of sp³-hybridized carbons (Fsp3) is 0.370. The van der Waals surface area contributed by atoms with Crippen LogP contribution in [-0.2, 0) is 20.8 Å². The molecule has 0 aliphatic carbocycles. The lowest BCUT2D eigenvalue weighted by Crippen LogP contribution is -2.52. The summed E-state index contributed by atoms with van der Waals surface area (Å²) >= 11 is 0. The quantitative estimate of drug-likeness (QED) is 0.201. The zero-order chi connectivity index (χ0) is 29.4. The van der Waals surface area contributed by atoms with Crippen LogP contribution in [0.3, 0.4) is 0 Å². The largest absolute Gasteiger partial charge is 0.507 e. The monoisotopic (exact) mass is 553 g/mol. The lowest BCUT2D eigenvalue weighted by molar-refractivity contribution is -0.131. The Hall–Kier alpha value is -4.07. The van der Waals surface area contributed by atoms with Crippen molar-refractivity contribution in [2.45, 2.75) is 31.8 Å². The maximum Gasteiger partial charge on any atom is 0.472 e. The molecule has 0 aromatic heterocycles. The van der Waals surface area contributed by atoms with Crippen molar-refractivity contribution in [3.8, 4) is 22.6 Å². The summed E-state index contributed by atoms with van der Waals surface area (Å²) in [4.78, 5) is 41.0. The van der Waals surface area contributed by atoms with Crippen LogP contribution in [0.2, 0.25) is 0 Å². The van der Waals surface area contributed by atoms with Gasteiger partial charge in [-0.3, -0.25) is 14.4 Å². The molecule has 40 heavy (non-hydrogen) atoms. The minimum Gasteiger partial charge on any atom is -0.507 e. The number of amides is 3. The molecule has 214 valence electrons. The maximum absolute atomic E-state index is 13.6.